The molecule has 0 aromatic heterocycles. The third-order valence-corrected chi connectivity index (χ3v) is 12.0. The zero-order valence-corrected chi connectivity index (χ0v) is 37.0. The molecule has 3 heterocycles. The molecule has 19 heteroatoms. The van der Waals surface area contributed by atoms with Crippen LogP contribution in [0.3, 0.4) is 0 Å². The molecule has 0 spiro atoms. The molecule has 11 N–H and O–H groups in total. The van der Waals surface area contributed by atoms with E-state index >= 15 is 0 Å². The first-order valence-corrected chi connectivity index (χ1v) is 21.3. The molecule has 6 rings (SSSR count). The van der Waals surface area contributed by atoms with Crippen molar-refractivity contribution in [3.8, 4) is 46.3 Å². The second-order valence-corrected chi connectivity index (χ2v) is 16.7. The normalized spacial score (nSPS) is 25.3. The number of benzene rings is 3. The number of esters is 1. The fraction of sp³-hybridized carbons (Fsp3) is 0.500. The molecule has 352 valence electrons. The molecule has 3 aliphatic rings. The van der Waals surface area contributed by atoms with Gasteiger partial charge in [-0.3, -0.25) is 4.99 Å². The van der Waals surface area contributed by atoms with Crippen molar-refractivity contribution in [1.82, 2.24) is 5.32 Å². The fourth-order valence-electron chi connectivity index (χ4n) is 8.39. The van der Waals surface area contributed by atoms with Gasteiger partial charge in [-0.15, -0.1) is 0 Å². The van der Waals surface area contributed by atoms with Crippen LogP contribution < -0.4 is 35.3 Å². The van der Waals surface area contributed by atoms with Gasteiger partial charge in [-0.25, -0.2) is 9.59 Å². The molecule has 1 saturated heterocycles. The van der Waals surface area contributed by atoms with Gasteiger partial charge in [0.2, 0.25) is 24.1 Å². The van der Waals surface area contributed by atoms with Gasteiger partial charge in [0.05, 0.1) is 25.0 Å². The van der Waals surface area contributed by atoms with Crippen LogP contribution in [0.1, 0.15) is 77.9 Å². The number of rotatable bonds is 15. The highest BCUT2D eigenvalue weighted by atomic mass is 16.7. The van der Waals surface area contributed by atoms with E-state index in [1.54, 1.807) is 0 Å². The highest BCUT2D eigenvalue weighted by molar-refractivity contribution is 5.97. The molecule has 9 atom stereocenters. The van der Waals surface area contributed by atoms with Crippen LogP contribution in [0.25, 0.3) is 0 Å². The van der Waals surface area contributed by atoms with Crippen LogP contribution in [0.2, 0.25) is 0 Å². The number of methoxy groups -OCH3 is 1. The van der Waals surface area contributed by atoms with E-state index in [0.29, 0.717) is 12.8 Å². The third kappa shape index (κ3) is 10.2. The Labute approximate surface area is 376 Å². The molecule has 3 aliphatic heterocycles. The Balaban J connectivity index is 1.36. The topological polar surface area (TPSA) is 294 Å². The molecule has 4 bridgehead atoms. The van der Waals surface area contributed by atoms with Gasteiger partial charge in [0, 0.05) is 49.5 Å². The van der Waals surface area contributed by atoms with Gasteiger partial charge in [0.25, 0.3) is 0 Å². The third-order valence-electron chi connectivity index (χ3n) is 12.0. The van der Waals surface area contributed by atoms with Crippen LogP contribution in [0, 0.1) is 29.6 Å². The summed E-state index contributed by atoms with van der Waals surface area (Å²) in [5.74, 6) is 0.438. The fourth-order valence-corrected chi connectivity index (χ4v) is 8.39. The standard InChI is InChI=1S/C46H58N4O15/c1-7-24-10-8-11-25(17-24)13-15-61-37-34(51)30(20-31(60-6)35(37)52)42(57)65-43(58)38-39(53)46(59)14-9-12-26-18-28-33(50-23(4)27(26)16-22(2)3)29(41(55)56)19-32(62-21-49-45(47)48-5)36(28)63-44(64-38)40(46)54/h8,10-11,17,19-20,22-23,26-27,38-40,43-44,50-54,58-59H,7,13-16,18,21H2,1-6H3,(H,55,56)(H3,47,48,49)/t23-,26+,27-,38+,39-,40+,43+,44-,46+/m1/s1. The summed E-state index contributed by atoms with van der Waals surface area (Å²) < 4.78 is 34.6. The van der Waals surface area contributed by atoms with E-state index in [0.717, 1.165) is 23.6 Å². The zero-order chi connectivity index (χ0) is 47.3. The van der Waals surface area contributed by atoms with Gasteiger partial charge in [0.1, 0.15) is 23.4 Å². The number of nitrogens with one attached hydrogen (secondary N) is 2. The second kappa shape index (κ2) is 20.3. The Kier molecular flexibility index (Phi) is 15.1. The van der Waals surface area contributed by atoms with Crippen LogP contribution in [-0.4, -0.2) is 124 Å². The number of aliphatic imine (C=N–C) groups is 1. The molecule has 0 amide bonds. The number of carboxylic acids is 1. The van der Waals surface area contributed by atoms with Gasteiger partial charge in [-0.05, 0) is 49.1 Å². The number of carboxylic acid groups (broad SMARTS) is 1. The summed E-state index contributed by atoms with van der Waals surface area (Å²) in [6.07, 6.45) is -9.37. The SMILES string of the molecule is CCc1cccc(CCOc2c(O)c(OC)cc(C(=O)O[C@H](O)[C@H]3O[C@H]4Oc5c(OCNC(N)=NC)cc(C(=O)O)c6c5C[C@H](C#CC[C@](O)([C@@H]3O)[C@H]4O)[C@H](CC(C)C)[C@@H](C)N6)c2O)c1. The number of carbonyl (C=O) groups excluding carboxylic acids is 1. The van der Waals surface area contributed by atoms with Crippen molar-refractivity contribution >= 4 is 23.6 Å². The number of hydrogen-bond acceptors (Lipinski definition) is 16. The summed E-state index contributed by atoms with van der Waals surface area (Å²) in [5, 5.41) is 85.8. The predicted molar refractivity (Wildman–Crippen MR) is 234 cm³/mol. The molecule has 3 aromatic rings. The number of nitrogens with two attached hydrogens (primary N) is 1. The number of nitrogens with zero attached hydrogens (tertiary/aromatic N) is 1. The van der Waals surface area contributed by atoms with Crippen molar-refractivity contribution in [3.05, 3.63) is 64.2 Å². The van der Waals surface area contributed by atoms with Crippen LogP contribution >= 0.6 is 0 Å². The summed E-state index contributed by atoms with van der Waals surface area (Å²) in [4.78, 5) is 30.4. The number of aromatic hydroxyl groups is 2. The monoisotopic (exact) mass is 906 g/mol. The lowest BCUT2D eigenvalue weighted by Crippen LogP contribution is -2.69. The number of fused-ring (bicyclic) bond motifs is 3. The summed E-state index contributed by atoms with van der Waals surface area (Å²) in [5.41, 5.74) is 4.92. The lowest BCUT2D eigenvalue weighted by Gasteiger charge is -2.48. The number of aliphatic hydroxyl groups excluding tert-OH is 3. The molecule has 0 aliphatic carbocycles. The first-order valence-electron chi connectivity index (χ1n) is 21.3. The Morgan fingerprint density at radius 3 is 2.48 bits per heavy atom. The van der Waals surface area contributed by atoms with Crippen molar-refractivity contribution in [2.75, 3.05) is 32.8 Å². The van der Waals surface area contributed by atoms with Gasteiger partial charge in [0.15, 0.2) is 41.8 Å². The van der Waals surface area contributed by atoms with E-state index < -0.39 is 83.6 Å². The average molecular weight is 907 g/mol. The average Bonchev–Trinajstić information content (AvgIpc) is 3.40. The van der Waals surface area contributed by atoms with Crippen LogP contribution in [-0.2, 0) is 28.7 Å². The van der Waals surface area contributed by atoms with Crippen LogP contribution in [0.5, 0.6) is 34.5 Å². The highest BCUT2D eigenvalue weighted by Gasteiger charge is 2.59. The van der Waals surface area contributed by atoms with Crippen molar-refractivity contribution in [3.63, 3.8) is 0 Å². The number of hydrogen-bond donors (Lipinski definition) is 10. The van der Waals surface area contributed by atoms with E-state index in [-0.39, 0.29) is 77.7 Å². The molecule has 19 nitrogen and oxygen atoms in total. The number of aromatic carboxylic acids is 1. The minimum absolute atomic E-state index is 0.00161. The van der Waals surface area contributed by atoms with Crippen molar-refractivity contribution in [2.24, 2.45) is 28.5 Å². The van der Waals surface area contributed by atoms with Gasteiger partial charge in [-0.2, -0.15) is 0 Å². The summed E-state index contributed by atoms with van der Waals surface area (Å²) in [7, 11) is 2.64. The maximum Gasteiger partial charge on any atom is 0.344 e. The first-order chi connectivity index (χ1) is 30.9. The maximum absolute atomic E-state index is 13.8. The van der Waals surface area contributed by atoms with Crippen molar-refractivity contribution in [2.45, 2.75) is 102 Å². The van der Waals surface area contributed by atoms with E-state index in [1.807, 2.05) is 52.0 Å². The molecular weight excluding hydrogens is 849 g/mol. The summed E-state index contributed by atoms with van der Waals surface area (Å²) in [6, 6.07) is 9.60. The number of anilines is 1. The largest absolute Gasteiger partial charge is 0.504 e. The van der Waals surface area contributed by atoms with E-state index in [1.165, 1.54) is 20.2 Å². The van der Waals surface area contributed by atoms with E-state index in [9.17, 15) is 45.3 Å². The Morgan fingerprint density at radius 2 is 1.80 bits per heavy atom. The smallest absolute Gasteiger partial charge is 0.344 e. The molecular formula is C46H58N4O15. The van der Waals surface area contributed by atoms with Crippen LogP contribution in [0.15, 0.2) is 41.4 Å². The Hall–Kier alpha value is -6.17. The summed E-state index contributed by atoms with van der Waals surface area (Å²) in [6.45, 7) is 7.65. The summed E-state index contributed by atoms with van der Waals surface area (Å²) >= 11 is 0. The molecule has 65 heavy (non-hydrogen) atoms. The van der Waals surface area contributed by atoms with E-state index in [2.05, 4.69) is 27.5 Å². The predicted octanol–water partition coefficient (Wildman–Crippen LogP) is 2.63. The van der Waals surface area contributed by atoms with Gasteiger partial charge < -0.3 is 80.5 Å². The minimum atomic E-state index is -2.61. The lowest BCUT2D eigenvalue weighted by molar-refractivity contribution is -0.337. The van der Waals surface area contributed by atoms with Crippen molar-refractivity contribution < 1.29 is 73.8 Å². The molecule has 0 saturated carbocycles. The van der Waals surface area contributed by atoms with Gasteiger partial charge in [-0.1, -0.05) is 56.9 Å². The van der Waals surface area contributed by atoms with Crippen LogP contribution in [0.4, 0.5) is 5.69 Å². The number of aryl methyl sites for hydroxylation is 1. The first kappa shape index (κ1) is 48.3. The maximum atomic E-state index is 13.8. The number of carbonyl (C=O) groups is 2. The quantitative estimate of drug-likeness (QED) is 0.0345. The second-order valence-electron chi connectivity index (χ2n) is 16.7. The number of ether oxygens (including phenoxy) is 6. The highest BCUT2D eigenvalue weighted by Crippen LogP contribution is 2.49. The molecule has 0 unspecified atom stereocenters. The van der Waals surface area contributed by atoms with E-state index in [4.69, 9.17) is 34.2 Å². The zero-order valence-electron chi connectivity index (χ0n) is 37.0. The number of guanidine groups is 1. The Morgan fingerprint density at radius 1 is 1.08 bits per heavy atom. The molecule has 0 radical (unpaired) electrons. The lowest BCUT2D eigenvalue weighted by atomic mass is 9.78. The number of phenolic OH excluding ortho intramolecular Hbond substituents is 2. The van der Waals surface area contributed by atoms with Crippen molar-refractivity contribution in [1.29, 1.82) is 0 Å². The number of phenols is 2. The minimum Gasteiger partial charge on any atom is -0.504 e. The molecule has 1 fully saturated rings. The Bertz CT molecular complexity index is 2330. The van der Waals surface area contributed by atoms with Gasteiger partial charge >= 0.3 is 11.9 Å². The number of aliphatic hydroxyl groups is 4. The molecule has 3 aromatic carbocycles.